The van der Waals surface area contributed by atoms with Crippen LogP contribution in [0.1, 0.15) is 54.7 Å². The van der Waals surface area contributed by atoms with E-state index in [1.165, 1.54) is 0 Å². The second-order valence-corrected chi connectivity index (χ2v) is 5.81. The monoisotopic (exact) mass is 294 g/mol. The van der Waals surface area contributed by atoms with Gasteiger partial charge < -0.3 is 14.4 Å². The van der Waals surface area contributed by atoms with Gasteiger partial charge in [-0.15, -0.1) is 0 Å². The molecule has 0 radical (unpaired) electrons. The summed E-state index contributed by atoms with van der Waals surface area (Å²) in [5.74, 6) is -0.391. The van der Waals surface area contributed by atoms with E-state index in [1.54, 1.807) is 18.7 Å². The molecule has 0 saturated carbocycles. The van der Waals surface area contributed by atoms with E-state index in [4.69, 9.17) is 4.42 Å². The Hall–Kier alpha value is -1.85. The van der Waals surface area contributed by atoms with Gasteiger partial charge >= 0.3 is 5.97 Å². The molecule has 0 bridgehead atoms. The highest BCUT2D eigenvalue weighted by atomic mass is 16.4. The van der Waals surface area contributed by atoms with E-state index >= 15 is 0 Å². The van der Waals surface area contributed by atoms with Gasteiger partial charge in [0.15, 0.2) is 5.89 Å². The molecule has 21 heavy (non-hydrogen) atoms. The number of aliphatic carboxylic acids is 1. The number of carboxylic acid groups (broad SMARTS) is 1. The van der Waals surface area contributed by atoms with Crippen molar-refractivity contribution in [2.24, 2.45) is 5.41 Å². The molecule has 1 aromatic heterocycles. The molecular weight excluding hydrogens is 272 g/mol. The van der Waals surface area contributed by atoms with E-state index in [0.29, 0.717) is 37.4 Å². The lowest BCUT2D eigenvalue weighted by molar-refractivity contribution is -0.152. The number of carbonyl (C=O) groups excluding carboxylic acids is 1. The third kappa shape index (κ3) is 2.94. The molecule has 6 heteroatoms. The molecule has 0 aliphatic carbocycles. The van der Waals surface area contributed by atoms with Gasteiger partial charge in [0.1, 0.15) is 0 Å². The molecule has 1 aliphatic heterocycles. The van der Waals surface area contributed by atoms with Crippen molar-refractivity contribution in [2.45, 2.75) is 46.5 Å². The third-order valence-electron chi connectivity index (χ3n) is 4.14. The number of nitrogens with zero attached hydrogens (tertiary/aromatic N) is 2. The summed E-state index contributed by atoms with van der Waals surface area (Å²) < 4.78 is 5.37. The Bertz CT molecular complexity index is 548. The second kappa shape index (κ2) is 5.87. The quantitative estimate of drug-likeness (QED) is 0.921. The predicted molar refractivity (Wildman–Crippen MR) is 76.1 cm³/mol. The summed E-state index contributed by atoms with van der Waals surface area (Å²) in [6.07, 6.45) is 2.69. The van der Waals surface area contributed by atoms with E-state index in [9.17, 15) is 14.7 Å². The third-order valence-corrected chi connectivity index (χ3v) is 4.14. The first kappa shape index (κ1) is 15.5. The maximum atomic E-state index is 12.5. The van der Waals surface area contributed by atoms with E-state index in [1.807, 2.05) is 6.92 Å². The molecule has 1 N–H and O–H groups in total. The zero-order valence-electron chi connectivity index (χ0n) is 12.8. The first-order chi connectivity index (χ1) is 9.89. The van der Waals surface area contributed by atoms with Gasteiger partial charge in [0.2, 0.25) is 5.76 Å². The number of piperidine rings is 1. The van der Waals surface area contributed by atoms with Crippen molar-refractivity contribution in [3.8, 4) is 0 Å². The van der Waals surface area contributed by atoms with Gasteiger partial charge in [0.05, 0.1) is 11.1 Å². The summed E-state index contributed by atoms with van der Waals surface area (Å²) in [5, 5.41) is 9.57. The summed E-state index contributed by atoms with van der Waals surface area (Å²) in [4.78, 5) is 29.9. The zero-order chi connectivity index (χ0) is 15.6. The highest BCUT2D eigenvalue weighted by Crippen LogP contribution is 2.35. The molecule has 2 heterocycles. The lowest BCUT2D eigenvalue weighted by Gasteiger charge is -2.39. The van der Waals surface area contributed by atoms with Crippen LogP contribution in [0, 0.1) is 19.3 Å². The number of carbonyl (C=O) groups is 2. The minimum atomic E-state index is -0.828. The fourth-order valence-electron chi connectivity index (χ4n) is 3.14. The molecule has 1 amide bonds. The molecule has 1 unspecified atom stereocenters. The Morgan fingerprint density at radius 2 is 2.14 bits per heavy atom. The van der Waals surface area contributed by atoms with E-state index in [-0.39, 0.29) is 18.2 Å². The Kier molecular flexibility index (Phi) is 4.34. The van der Waals surface area contributed by atoms with Crippen molar-refractivity contribution < 1.29 is 19.1 Å². The van der Waals surface area contributed by atoms with E-state index in [2.05, 4.69) is 4.98 Å². The minimum Gasteiger partial charge on any atom is -0.481 e. The average molecular weight is 294 g/mol. The summed E-state index contributed by atoms with van der Waals surface area (Å²) in [5.41, 5.74) is -0.273. The summed E-state index contributed by atoms with van der Waals surface area (Å²) in [6, 6.07) is 0. The van der Waals surface area contributed by atoms with Crippen molar-refractivity contribution >= 4 is 11.9 Å². The molecule has 0 spiro atoms. The lowest BCUT2D eigenvalue weighted by atomic mass is 9.76. The number of rotatable bonds is 4. The normalized spacial score (nSPS) is 22.3. The topological polar surface area (TPSA) is 83.6 Å². The number of aryl methyl sites for hydroxylation is 2. The van der Waals surface area contributed by atoms with Crippen molar-refractivity contribution in [1.29, 1.82) is 0 Å². The van der Waals surface area contributed by atoms with Crippen LogP contribution in [0.4, 0.5) is 0 Å². The molecular formula is C15H22N2O4. The number of oxazole rings is 1. The summed E-state index contributed by atoms with van der Waals surface area (Å²) in [7, 11) is 0. The lowest BCUT2D eigenvalue weighted by Crippen LogP contribution is -2.50. The molecule has 1 saturated heterocycles. The standard InChI is InChI=1S/C15H22N2O4/c1-4-6-15(14(19)20)7-5-8-17(9-15)13(18)12-10(2)16-11(3)21-12/h4-9H2,1-3H3,(H,19,20). The Labute approximate surface area is 124 Å². The number of hydrogen-bond donors (Lipinski definition) is 1. The fraction of sp³-hybridized carbons (Fsp3) is 0.667. The van der Waals surface area contributed by atoms with Gasteiger partial charge in [-0.2, -0.15) is 0 Å². The molecule has 6 nitrogen and oxygen atoms in total. The first-order valence-corrected chi connectivity index (χ1v) is 7.36. The largest absolute Gasteiger partial charge is 0.481 e. The smallest absolute Gasteiger partial charge is 0.311 e. The number of carboxylic acids is 1. The second-order valence-electron chi connectivity index (χ2n) is 5.81. The molecule has 1 aromatic rings. The Morgan fingerprint density at radius 3 is 2.67 bits per heavy atom. The van der Waals surface area contributed by atoms with Crippen LogP contribution in [0.5, 0.6) is 0 Å². The van der Waals surface area contributed by atoms with Gasteiger partial charge in [0, 0.05) is 20.0 Å². The SMILES string of the molecule is CCCC1(C(=O)O)CCCN(C(=O)c2oc(C)nc2C)C1. The molecule has 1 aliphatic rings. The van der Waals surface area contributed by atoms with Gasteiger partial charge in [-0.1, -0.05) is 13.3 Å². The van der Waals surface area contributed by atoms with Gasteiger partial charge in [-0.25, -0.2) is 4.98 Å². The van der Waals surface area contributed by atoms with Gasteiger partial charge in [0.25, 0.3) is 5.91 Å². The first-order valence-electron chi connectivity index (χ1n) is 7.36. The van der Waals surface area contributed by atoms with Crippen LogP contribution in [0.3, 0.4) is 0 Å². The molecule has 0 aromatic carbocycles. The van der Waals surface area contributed by atoms with Gasteiger partial charge in [-0.05, 0) is 26.2 Å². The molecule has 2 rings (SSSR count). The summed E-state index contributed by atoms with van der Waals surface area (Å²) in [6.45, 7) is 6.20. The summed E-state index contributed by atoms with van der Waals surface area (Å²) >= 11 is 0. The maximum absolute atomic E-state index is 12.5. The molecule has 1 atom stereocenters. The number of amides is 1. The van der Waals surface area contributed by atoms with Crippen LogP contribution in [-0.4, -0.2) is 40.0 Å². The Balaban J connectivity index is 2.22. The Morgan fingerprint density at radius 1 is 1.43 bits per heavy atom. The zero-order valence-corrected chi connectivity index (χ0v) is 12.8. The minimum absolute atomic E-state index is 0.227. The predicted octanol–water partition coefficient (Wildman–Crippen LogP) is 2.40. The maximum Gasteiger partial charge on any atom is 0.311 e. The number of hydrogen-bond acceptors (Lipinski definition) is 4. The van der Waals surface area contributed by atoms with Crippen LogP contribution in [0.25, 0.3) is 0 Å². The van der Waals surface area contributed by atoms with Crippen LogP contribution >= 0.6 is 0 Å². The van der Waals surface area contributed by atoms with Crippen molar-refractivity contribution in [2.75, 3.05) is 13.1 Å². The molecule has 1 fully saturated rings. The van der Waals surface area contributed by atoms with Crippen LogP contribution in [0.2, 0.25) is 0 Å². The van der Waals surface area contributed by atoms with E-state index in [0.717, 1.165) is 6.42 Å². The van der Waals surface area contributed by atoms with Crippen LogP contribution < -0.4 is 0 Å². The molecule has 116 valence electrons. The van der Waals surface area contributed by atoms with Crippen LogP contribution in [-0.2, 0) is 4.79 Å². The number of aromatic nitrogens is 1. The van der Waals surface area contributed by atoms with Crippen LogP contribution in [0.15, 0.2) is 4.42 Å². The highest BCUT2D eigenvalue weighted by molar-refractivity contribution is 5.93. The van der Waals surface area contributed by atoms with E-state index < -0.39 is 11.4 Å². The van der Waals surface area contributed by atoms with Crippen molar-refractivity contribution in [3.63, 3.8) is 0 Å². The average Bonchev–Trinajstić information content (AvgIpc) is 2.77. The van der Waals surface area contributed by atoms with Crippen molar-refractivity contribution in [3.05, 3.63) is 17.3 Å². The van der Waals surface area contributed by atoms with Crippen molar-refractivity contribution in [1.82, 2.24) is 9.88 Å². The van der Waals surface area contributed by atoms with Gasteiger partial charge in [-0.3, -0.25) is 9.59 Å². The fourth-order valence-corrected chi connectivity index (χ4v) is 3.14. The highest BCUT2D eigenvalue weighted by Gasteiger charge is 2.43. The number of likely N-dealkylation sites (tertiary alicyclic amines) is 1.